The van der Waals surface area contributed by atoms with Crippen LogP contribution in [0.4, 0.5) is 0 Å². The van der Waals surface area contributed by atoms with Gasteiger partial charge in [-0.15, -0.1) is 0 Å². The van der Waals surface area contributed by atoms with Crippen LogP contribution >= 0.6 is 0 Å². The molecule has 0 bridgehead atoms. The molecular formula is C15H25NO2. The van der Waals surface area contributed by atoms with Crippen LogP contribution in [0.1, 0.15) is 45.2 Å². The van der Waals surface area contributed by atoms with Crippen molar-refractivity contribution in [3.8, 4) is 5.75 Å². The molecular weight excluding hydrogens is 226 g/mol. The lowest BCUT2D eigenvalue weighted by molar-refractivity contribution is 0.159. The summed E-state index contributed by atoms with van der Waals surface area (Å²) in [5.74, 6) is 0.914. The molecule has 0 aliphatic rings. The molecule has 1 aromatic carbocycles. The first kappa shape index (κ1) is 15.0. The van der Waals surface area contributed by atoms with Gasteiger partial charge in [0.1, 0.15) is 5.75 Å². The van der Waals surface area contributed by atoms with Gasteiger partial charge in [0.05, 0.1) is 12.7 Å². The predicted octanol–water partition coefficient (Wildman–Crippen LogP) is 2.90. The molecule has 2 unspecified atom stereocenters. The van der Waals surface area contributed by atoms with Crippen LogP contribution in [-0.2, 0) is 0 Å². The molecule has 2 atom stereocenters. The van der Waals surface area contributed by atoms with Crippen LogP contribution in [0.15, 0.2) is 24.3 Å². The normalized spacial score (nSPS) is 14.2. The highest BCUT2D eigenvalue weighted by atomic mass is 16.5. The van der Waals surface area contributed by atoms with Crippen molar-refractivity contribution < 1.29 is 9.84 Å². The number of aliphatic hydroxyl groups excluding tert-OH is 1. The summed E-state index contributed by atoms with van der Waals surface area (Å²) in [6.07, 6.45) is 1.42. The average molecular weight is 251 g/mol. The Hall–Kier alpha value is -1.06. The minimum atomic E-state index is -0.195. The SMILES string of the molecule is CCOc1cccc(C(C)NCCC(O)CC)c1. The van der Waals surface area contributed by atoms with Gasteiger partial charge in [-0.1, -0.05) is 19.1 Å². The van der Waals surface area contributed by atoms with Gasteiger partial charge in [0.25, 0.3) is 0 Å². The third kappa shape index (κ3) is 5.07. The van der Waals surface area contributed by atoms with Gasteiger partial charge in [-0.2, -0.15) is 0 Å². The van der Waals surface area contributed by atoms with Crippen molar-refractivity contribution in [3.05, 3.63) is 29.8 Å². The fourth-order valence-corrected chi connectivity index (χ4v) is 1.83. The molecule has 0 spiro atoms. The minimum absolute atomic E-state index is 0.195. The van der Waals surface area contributed by atoms with Gasteiger partial charge in [0.2, 0.25) is 0 Å². The van der Waals surface area contributed by atoms with Gasteiger partial charge < -0.3 is 15.2 Å². The Balaban J connectivity index is 2.45. The van der Waals surface area contributed by atoms with E-state index in [2.05, 4.69) is 24.4 Å². The first-order valence-electron chi connectivity index (χ1n) is 6.81. The van der Waals surface area contributed by atoms with E-state index in [4.69, 9.17) is 4.74 Å². The molecule has 0 saturated heterocycles. The van der Waals surface area contributed by atoms with E-state index in [0.29, 0.717) is 6.61 Å². The van der Waals surface area contributed by atoms with E-state index < -0.39 is 0 Å². The number of benzene rings is 1. The van der Waals surface area contributed by atoms with Gasteiger partial charge >= 0.3 is 0 Å². The maximum atomic E-state index is 9.50. The van der Waals surface area contributed by atoms with Crippen molar-refractivity contribution in [2.24, 2.45) is 0 Å². The summed E-state index contributed by atoms with van der Waals surface area (Å²) in [5, 5.41) is 12.9. The number of ether oxygens (including phenoxy) is 1. The van der Waals surface area contributed by atoms with E-state index in [9.17, 15) is 5.11 Å². The fraction of sp³-hybridized carbons (Fsp3) is 0.600. The summed E-state index contributed by atoms with van der Waals surface area (Å²) >= 11 is 0. The van der Waals surface area contributed by atoms with E-state index in [-0.39, 0.29) is 12.1 Å². The molecule has 0 saturated carbocycles. The zero-order valence-corrected chi connectivity index (χ0v) is 11.6. The van der Waals surface area contributed by atoms with Gasteiger partial charge in [0, 0.05) is 6.04 Å². The Morgan fingerprint density at radius 1 is 1.33 bits per heavy atom. The summed E-state index contributed by atoms with van der Waals surface area (Å²) < 4.78 is 5.49. The molecule has 0 radical (unpaired) electrons. The van der Waals surface area contributed by atoms with Crippen molar-refractivity contribution in [2.75, 3.05) is 13.2 Å². The number of hydrogen-bond donors (Lipinski definition) is 2. The summed E-state index contributed by atoms with van der Waals surface area (Å²) in [6.45, 7) is 7.63. The average Bonchev–Trinajstić information content (AvgIpc) is 2.39. The lowest BCUT2D eigenvalue weighted by atomic mass is 10.1. The second-order valence-electron chi connectivity index (χ2n) is 4.53. The molecule has 18 heavy (non-hydrogen) atoms. The topological polar surface area (TPSA) is 41.5 Å². The maximum Gasteiger partial charge on any atom is 0.119 e. The molecule has 3 nitrogen and oxygen atoms in total. The molecule has 102 valence electrons. The monoisotopic (exact) mass is 251 g/mol. The molecule has 0 fully saturated rings. The first-order valence-corrected chi connectivity index (χ1v) is 6.81. The van der Waals surface area contributed by atoms with Gasteiger partial charge in [-0.25, -0.2) is 0 Å². The molecule has 0 heterocycles. The summed E-state index contributed by atoms with van der Waals surface area (Å²) in [5.41, 5.74) is 1.21. The maximum absolute atomic E-state index is 9.50. The van der Waals surface area contributed by atoms with E-state index in [1.807, 2.05) is 26.0 Å². The molecule has 1 aromatic rings. The summed E-state index contributed by atoms with van der Waals surface area (Å²) in [7, 11) is 0. The molecule has 1 rings (SSSR count). The van der Waals surface area contributed by atoms with Gasteiger partial charge in [-0.05, 0) is 50.9 Å². The van der Waals surface area contributed by atoms with Crippen molar-refractivity contribution in [2.45, 2.75) is 45.8 Å². The minimum Gasteiger partial charge on any atom is -0.494 e. The number of nitrogens with one attached hydrogen (secondary N) is 1. The third-order valence-corrected chi connectivity index (χ3v) is 3.07. The van der Waals surface area contributed by atoms with E-state index in [1.165, 1.54) is 5.56 Å². The summed E-state index contributed by atoms with van der Waals surface area (Å²) in [4.78, 5) is 0. The van der Waals surface area contributed by atoms with Crippen LogP contribution in [0.25, 0.3) is 0 Å². The highest BCUT2D eigenvalue weighted by Crippen LogP contribution is 2.19. The van der Waals surface area contributed by atoms with Gasteiger partial charge in [0.15, 0.2) is 0 Å². The third-order valence-electron chi connectivity index (χ3n) is 3.07. The Morgan fingerprint density at radius 2 is 2.11 bits per heavy atom. The standard InChI is InChI=1S/C15H25NO2/c1-4-14(17)9-10-16-12(3)13-7-6-8-15(11-13)18-5-2/h6-8,11-12,14,16-17H,4-5,9-10H2,1-3H3. The second-order valence-corrected chi connectivity index (χ2v) is 4.53. The molecule has 0 aromatic heterocycles. The molecule has 0 amide bonds. The van der Waals surface area contributed by atoms with Crippen LogP contribution in [0.3, 0.4) is 0 Å². The lowest BCUT2D eigenvalue weighted by Crippen LogP contribution is -2.23. The Labute approximate surface area is 110 Å². The molecule has 2 N–H and O–H groups in total. The largest absolute Gasteiger partial charge is 0.494 e. The molecule has 0 aliphatic heterocycles. The quantitative estimate of drug-likeness (QED) is 0.746. The summed E-state index contributed by atoms with van der Waals surface area (Å²) in [6, 6.07) is 8.42. The van der Waals surface area contributed by atoms with Crippen molar-refractivity contribution in [1.82, 2.24) is 5.32 Å². The van der Waals surface area contributed by atoms with Gasteiger partial charge in [-0.3, -0.25) is 0 Å². The Kier molecular flexibility index (Phi) is 6.76. The van der Waals surface area contributed by atoms with Crippen molar-refractivity contribution in [1.29, 1.82) is 0 Å². The Bertz CT molecular complexity index is 341. The number of hydrogen-bond acceptors (Lipinski definition) is 3. The van der Waals surface area contributed by atoms with Crippen LogP contribution in [-0.4, -0.2) is 24.4 Å². The predicted molar refractivity (Wildman–Crippen MR) is 74.9 cm³/mol. The van der Waals surface area contributed by atoms with Crippen LogP contribution < -0.4 is 10.1 Å². The second kappa shape index (κ2) is 8.11. The molecule has 0 aliphatic carbocycles. The number of rotatable bonds is 8. The smallest absolute Gasteiger partial charge is 0.119 e. The van der Waals surface area contributed by atoms with Crippen LogP contribution in [0, 0.1) is 0 Å². The van der Waals surface area contributed by atoms with E-state index in [0.717, 1.165) is 25.1 Å². The first-order chi connectivity index (χ1) is 8.67. The van der Waals surface area contributed by atoms with E-state index >= 15 is 0 Å². The number of aliphatic hydroxyl groups is 1. The highest BCUT2D eigenvalue weighted by molar-refractivity contribution is 5.30. The lowest BCUT2D eigenvalue weighted by Gasteiger charge is -2.16. The van der Waals surface area contributed by atoms with Crippen molar-refractivity contribution in [3.63, 3.8) is 0 Å². The zero-order chi connectivity index (χ0) is 13.4. The van der Waals surface area contributed by atoms with E-state index in [1.54, 1.807) is 0 Å². The zero-order valence-electron chi connectivity index (χ0n) is 11.6. The van der Waals surface area contributed by atoms with Crippen LogP contribution in [0.2, 0.25) is 0 Å². The van der Waals surface area contributed by atoms with Crippen LogP contribution in [0.5, 0.6) is 5.75 Å². The highest BCUT2D eigenvalue weighted by Gasteiger charge is 2.07. The fourth-order valence-electron chi connectivity index (χ4n) is 1.83. The van der Waals surface area contributed by atoms with Crippen molar-refractivity contribution >= 4 is 0 Å². The molecule has 3 heteroatoms. The Morgan fingerprint density at radius 3 is 2.78 bits per heavy atom.